The number of aromatic nitrogens is 2. The maximum Gasteiger partial charge on any atom is 0.144 e. The van der Waals surface area contributed by atoms with Gasteiger partial charge >= 0.3 is 0 Å². The smallest absolute Gasteiger partial charge is 0.144 e. The summed E-state index contributed by atoms with van der Waals surface area (Å²) in [5, 5.41) is 1.15. The molecule has 23 heavy (non-hydrogen) atoms. The van der Waals surface area contributed by atoms with Crippen molar-refractivity contribution in [3.05, 3.63) is 48.4 Å². The summed E-state index contributed by atoms with van der Waals surface area (Å²) in [7, 11) is 4.08. The van der Waals surface area contributed by atoms with Crippen molar-refractivity contribution in [3.8, 4) is 5.75 Å². The third-order valence-corrected chi connectivity index (χ3v) is 4.26. The summed E-state index contributed by atoms with van der Waals surface area (Å²) >= 11 is 0. The van der Waals surface area contributed by atoms with Crippen LogP contribution in [0, 0.1) is 0 Å². The third kappa shape index (κ3) is 2.59. The Kier molecular flexibility index (Phi) is 3.33. The molecule has 0 aliphatic carbocycles. The maximum atomic E-state index is 5.85. The Morgan fingerprint density at radius 2 is 2.17 bits per heavy atom. The zero-order valence-corrected chi connectivity index (χ0v) is 13.4. The number of hydrogen-bond acceptors (Lipinski definition) is 4. The van der Waals surface area contributed by atoms with Crippen molar-refractivity contribution in [2.45, 2.75) is 6.54 Å². The molecule has 0 unspecified atom stereocenters. The average molecular weight is 308 g/mol. The topological polar surface area (TPSA) is 44.4 Å². The Morgan fingerprint density at radius 1 is 1.26 bits per heavy atom. The molecule has 5 heteroatoms. The first-order valence-electron chi connectivity index (χ1n) is 7.81. The molecule has 3 aromatic rings. The summed E-state index contributed by atoms with van der Waals surface area (Å²) in [5.74, 6) is 0.959. The van der Waals surface area contributed by atoms with Crippen LogP contribution in [0.4, 0.5) is 11.4 Å². The molecule has 0 spiro atoms. The standard InChI is InChI=1S/C18H20N4O/c1-21(2)15-3-4-17-18(10-15)23-8-7-22(17)12-14-9-13-11-19-6-5-16(13)20-14/h3-6,9-11,20H,7-8,12H2,1-2H3. The van der Waals surface area contributed by atoms with Crippen LogP contribution in [0.3, 0.4) is 0 Å². The second kappa shape index (κ2) is 5.50. The molecule has 5 nitrogen and oxygen atoms in total. The number of benzene rings is 1. The van der Waals surface area contributed by atoms with Gasteiger partial charge in [-0.15, -0.1) is 0 Å². The molecule has 0 atom stereocenters. The SMILES string of the molecule is CN(C)c1ccc2c(c1)OCCN2Cc1cc2cnccc2[nH]1. The van der Waals surface area contributed by atoms with Crippen LogP contribution in [-0.2, 0) is 6.54 Å². The van der Waals surface area contributed by atoms with Gasteiger partial charge in [0.15, 0.2) is 0 Å². The van der Waals surface area contributed by atoms with Crippen LogP contribution in [0.5, 0.6) is 5.75 Å². The lowest BCUT2D eigenvalue weighted by molar-refractivity contribution is 0.307. The van der Waals surface area contributed by atoms with Gasteiger partial charge in [0.05, 0.1) is 18.8 Å². The Balaban J connectivity index is 1.63. The van der Waals surface area contributed by atoms with Crippen LogP contribution in [0.15, 0.2) is 42.7 Å². The number of aromatic amines is 1. The number of nitrogens with zero attached hydrogens (tertiary/aromatic N) is 3. The van der Waals surface area contributed by atoms with Crippen molar-refractivity contribution in [2.24, 2.45) is 0 Å². The highest BCUT2D eigenvalue weighted by Gasteiger charge is 2.19. The number of H-pyrrole nitrogens is 1. The summed E-state index contributed by atoms with van der Waals surface area (Å²) in [6.45, 7) is 2.44. The molecule has 0 fully saturated rings. The van der Waals surface area contributed by atoms with Gasteiger partial charge in [0, 0.05) is 54.8 Å². The fourth-order valence-corrected chi connectivity index (χ4v) is 3.03. The van der Waals surface area contributed by atoms with Gasteiger partial charge in [0.2, 0.25) is 0 Å². The summed E-state index contributed by atoms with van der Waals surface area (Å²) in [6.07, 6.45) is 3.71. The summed E-state index contributed by atoms with van der Waals surface area (Å²) in [4.78, 5) is 12.1. The minimum Gasteiger partial charge on any atom is -0.489 e. The van der Waals surface area contributed by atoms with Gasteiger partial charge in [-0.25, -0.2) is 0 Å². The number of ether oxygens (including phenoxy) is 1. The first-order valence-corrected chi connectivity index (χ1v) is 7.81. The molecule has 0 radical (unpaired) electrons. The second-order valence-electron chi connectivity index (χ2n) is 6.07. The predicted molar refractivity (Wildman–Crippen MR) is 93.4 cm³/mol. The molecule has 1 aliphatic rings. The van der Waals surface area contributed by atoms with Crippen LogP contribution in [0.25, 0.3) is 10.9 Å². The van der Waals surface area contributed by atoms with E-state index in [1.807, 2.05) is 32.6 Å². The van der Waals surface area contributed by atoms with Gasteiger partial charge in [0.25, 0.3) is 0 Å². The fourth-order valence-electron chi connectivity index (χ4n) is 3.03. The molecule has 118 valence electrons. The van der Waals surface area contributed by atoms with E-state index in [-0.39, 0.29) is 0 Å². The van der Waals surface area contributed by atoms with E-state index in [0.717, 1.165) is 41.1 Å². The van der Waals surface area contributed by atoms with Gasteiger partial charge in [-0.1, -0.05) is 0 Å². The van der Waals surface area contributed by atoms with Crippen LogP contribution < -0.4 is 14.5 Å². The number of hydrogen-bond donors (Lipinski definition) is 1. The average Bonchev–Trinajstić information content (AvgIpc) is 2.97. The van der Waals surface area contributed by atoms with Crippen molar-refractivity contribution in [3.63, 3.8) is 0 Å². The quantitative estimate of drug-likeness (QED) is 0.808. The highest BCUT2D eigenvalue weighted by atomic mass is 16.5. The largest absolute Gasteiger partial charge is 0.489 e. The van der Waals surface area contributed by atoms with E-state index >= 15 is 0 Å². The second-order valence-corrected chi connectivity index (χ2v) is 6.07. The van der Waals surface area contributed by atoms with Gasteiger partial charge in [-0.05, 0) is 24.3 Å². The highest BCUT2D eigenvalue weighted by molar-refractivity contribution is 5.79. The van der Waals surface area contributed by atoms with E-state index in [0.29, 0.717) is 6.61 Å². The molecule has 2 aromatic heterocycles. The lowest BCUT2D eigenvalue weighted by Gasteiger charge is -2.31. The summed E-state index contributed by atoms with van der Waals surface area (Å²) in [6, 6.07) is 10.6. The zero-order valence-electron chi connectivity index (χ0n) is 13.4. The Morgan fingerprint density at radius 3 is 3.00 bits per heavy atom. The molecule has 0 saturated heterocycles. The van der Waals surface area contributed by atoms with Gasteiger partial charge in [0.1, 0.15) is 12.4 Å². The zero-order chi connectivity index (χ0) is 15.8. The molecule has 0 amide bonds. The number of nitrogens with one attached hydrogen (secondary N) is 1. The minimum atomic E-state index is 0.714. The van der Waals surface area contributed by atoms with E-state index < -0.39 is 0 Å². The fraction of sp³-hybridized carbons (Fsp3) is 0.278. The predicted octanol–water partition coefficient (Wildman–Crippen LogP) is 3.03. The van der Waals surface area contributed by atoms with Crippen LogP contribution >= 0.6 is 0 Å². The number of fused-ring (bicyclic) bond motifs is 2. The lowest BCUT2D eigenvalue weighted by Crippen LogP contribution is -2.32. The summed E-state index contributed by atoms with van der Waals surface area (Å²) < 4.78 is 5.85. The molecule has 1 N–H and O–H groups in total. The number of anilines is 2. The Bertz CT molecular complexity index is 807. The van der Waals surface area contributed by atoms with Crippen molar-refractivity contribution in [1.82, 2.24) is 9.97 Å². The van der Waals surface area contributed by atoms with Crippen molar-refractivity contribution >= 4 is 22.3 Å². The molecular formula is C18H20N4O. The normalized spacial score (nSPS) is 13.7. The molecule has 4 rings (SSSR count). The first kappa shape index (κ1) is 13.9. The third-order valence-electron chi connectivity index (χ3n) is 4.26. The first-order chi connectivity index (χ1) is 11.2. The van der Waals surface area contributed by atoms with Crippen molar-refractivity contribution < 1.29 is 4.74 Å². The minimum absolute atomic E-state index is 0.714. The molecule has 1 aromatic carbocycles. The van der Waals surface area contributed by atoms with Gasteiger partial charge in [-0.2, -0.15) is 0 Å². The number of rotatable bonds is 3. The van der Waals surface area contributed by atoms with E-state index in [1.165, 1.54) is 5.69 Å². The van der Waals surface area contributed by atoms with E-state index in [2.05, 4.69) is 44.0 Å². The van der Waals surface area contributed by atoms with Crippen molar-refractivity contribution in [1.29, 1.82) is 0 Å². The Hall–Kier alpha value is -2.69. The van der Waals surface area contributed by atoms with E-state index in [4.69, 9.17) is 4.74 Å². The van der Waals surface area contributed by atoms with Gasteiger partial charge < -0.3 is 19.5 Å². The molecule has 0 bridgehead atoms. The maximum absolute atomic E-state index is 5.85. The number of pyridine rings is 1. The van der Waals surface area contributed by atoms with E-state index in [1.54, 1.807) is 0 Å². The van der Waals surface area contributed by atoms with Crippen LogP contribution in [0.1, 0.15) is 5.69 Å². The van der Waals surface area contributed by atoms with Crippen LogP contribution in [-0.4, -0.2) is 37.2 Å². The monoisotopic (exact) mass is 308 g/mol. The summed E-state index contributed by atoms with van der Waals surface area (Å²) in [5.41, 5.74) is 4.63. The highest BCUT2D eigenvalue weighted by Crippen LogP contribution is 2.35. The molecule has 1 aliphatic heterocycles. The molecule has 0 saturated carbocycles. The molecule has 3 heterocycles. The van der Waals surface area contributed by atoms with Crippen LogP contribution in [0.2, 0.25) is 0 Å². The van der Waals surface area contributed by atoms with Crippen molar-refractivity contribution in [2.75, 3.05) is 37.0 Å². The van der Waals surface area contributed by atoms with Gasteiger partial charge in [-0.3, -0.25) is 4.98 Å². The lowest BCUT2D eigenvalue weighted by atomic mass is 10.2. The van der Waals surface area contributed by atoms with E-state index in [9.17, 15) is 0 Å². The Labute approximate surface area is 135 Å². The molecular weight excluding hydrogens is 288 g/mol.